The standard InChI is InChI=1S/C14H16F3N3O/c1-2-4-11(18)13-19-12(20-21-13)8-9-5-3-6-10(7-9)14(15,16)17/h3,5-7,11H,2,4,8,18H2,1H3/t11-/m1/s1. The van der Waals surface area contributed by atoms with Crippen molar-refractivity contribution in [3.63, 3.8) is 0 Å². The molecule has 1 atom stereocenters. The Bertz CT molecular complexity index is 595. The molecule has 0 aliphatic carbocycles. The molecule has 4 nitrogen and oxygen atoms in total. The fraction of sp³-hybridized carbons (Fsp3) is 0.429. The van der Waals surface area contributed by atoms with E-state index in [1.165, 1.54) is 6.07 Å². The normalized spacial score (nSPS) is 13.4. The lowest BCUT2D eigenvalue weighted by Crippen LogP contribution is -2.10. The van der Waals surface area contributed by atoms with Crippen LogP contribution in [-0.2, 0) is 12.6 Å². The fourth-order valence-electron chi connectivity index (χ4n) is 1.96. The predicted octanol–water partition coefficient (Wildman–Crippen LogP) is 3.48. The first kappa shape index (κ1) is 15.5. The number of aromatic nitrogens is 2. The highest BCUT2D eigenvalue weighted by atomic mass is 19.4. The van der Waals surface area contributed by atoms with Crippen molar-refractivity contribution in [1.82, 2.24) is 10.1 Å². The van der Waals surface area contributed by atoms with Gasteiger partial charge >= 0.3 is 6.18 Å². The number of nitrogens with two attached hydrogens (primary N) is 1. The highest BCUT2D eigenvalue weighted by Crippen LogP contribution is 2.29. The first-order valence-corrected chi connectivity index (χ1v) is 6.64. The number of nitrogens with zero attached hydrogens (tertiary/aromatic N) is 2. The number of hydrogen-bond donors (Lipinski definition) is 1. The third-order valence-corrected chi connectivity index (χ3v) is 3.02. The molecule has 2 N–H and O–H groups in total. The Balaban J connectivity index is 2.12. The monoisotopic (exact) mass is 299 g/mol. The van der Waals surface area contributed by atoms with Gasteiger partial charge < -0.3 is 10.3 Å². The maximum atomic E-state index is 12.6. The van der Waals surface area contributed by atoms with E-state index in [2.05, 4.69) is 10.1 Å². The summed E-state index contributed by atoms with van der Waals surface area (Å²) >= 11 is 0. The summed E-state index contributed by atoms with van der Waals surface area (Å²) in [5.74, 6) is 0.648. The Morgan fingerprint density at radius 2 is 2.10 bits per heavy atom. The van der Waals surface area contributed by atoms with E-state index in [0.717, 1.165) is 18.6 Å². The van der Waals surface area contributed by atoms with Crippen LogP contribution in [0.3, 0.4) is 0 Å². The predicted molar refractivity (Wildman–Crippen MR) is 70.4 cm³/mol. The van der Waals surface area contributed by atoms with Crippen LogP contribution in [0.4, 0.5) is 13.2 Å². The summed E-state index contributed by atoms with van der Waals surface area (Å²) in [5, 5.41) is 3.76. The van der Waals surface area contributed by atoms with Crippen molar-refractivity contribution in [2.24, 2.45) is 5.73 Å². The molecule has 21 heavy (non-hydrogen) atoms. The Hall–Kier alpha value is -1.89. The third-order valence-electron chi connectivity index (χ3n) is 3.02. The molecule has 0 saturated carbocycles. The zero-order valence-electron chi connectivity index (χ0n) is 11.5. The van der Waals surface area contributed by atoms with Crippen molar-refractivity contribution in [3.05, 3.63) is 47.1 Å². The van der Waals surface area contributed by atoms with Crippen LogP contribution >= 0.6 is 0 Å². The van der Waals surface area contributed by atoms with E-state index in [1.54, 1.807) is 6.07 Å². The molecular weight excluding hydrogens is 283 g/mol. The van der Waals surface area contributed by atoms with E-state index in [1.807, 2.05) is 6.92 Å². The molecule has 0 saturated heterocycles. The van der Waals surface area contributed by atoms with Crippen molar-refractivity contribution in [2.45, 2.75) is 38.4 Å². The Labute approximate surface area is 120 Å². The molecule has 0 aliphatic heterocycles. The molecule has 114 valence electrons. The minimum Gasteiger partial charge on any atom is -0.338 e. The number of hydrogen-bond acceptors (Lipinski definition) is 4. The average molecular weight is 299 g/mol. The van der Waals surface area contributed by atoms with Crippen LogP contribution in [0.25, 0.3) is 0 Å². The number of rotatable bonds is 5. The van der Waals surface area contributed by atoms with Crippen molar-refractivity contribution in [1.29, 1.82) is 0 Å². The number of alkyl halides is 3. The van der Waals surface area contributed by atoms with E-state index in [-0.39, 0.29) is 12.5 Å². The second-order valence-corrected chi connectivity index (χ2v) is 4.82. The largest absolute Gasteiger partial charge is 0.416 e. The highest BCUT2D eigenvalue weighted by molar-refractivity contribution is 5.27. The third kappa shape index (κ3) is 4.04. The smallest absolute Gasteiger partial charge is 0.338 e. The van der Waals surface area contributed by atoms with Crippen molar-refractivity contribution < 1.29 is 17.7 Å². The lowest BCUT2D eigenvalue weighted by atomic mass is 10.1. The lowest BCUT2D eigenvalue weighted by molar-refractivity contribution is -0.137. The van der Waals surface area contributed by atoms with Gasteiger partial charge in [0.2, 0.25) is 5.89 Å². The van der Waals surface area contributed by atoms with E-state index in [4.69, 9.17) is 10.3 Å². The Morgan fingerprint density at radius 3 is 2.76 bits per heavy atom. The lowest BCUT2D eigenvalue weighted by Gasteiger charge is -2.07. The number of halogens is 3. The highest BCUT2D eigenvalue weighted by Gasteiger charge is 2.30. The van der Waals surface area contributed by atoms with Crippen LogP contribution in [-0.4, -0.2) is 10.1 Å². The van der Waals surface area contributed by atoms with Crippen LogP contribution < -0.4 is 5.73 Å². The van der Waals surface area contributed by atoms with Gasteiger partial charge in [0.25, 0.3) is 0 Å². The molecule has 0 aliphatic rings. The summed E-state index contributed by atoms with van der Waals surface area (Å²) in [6.07, 6.45) is -2.59. The average Bonchev–Trinajstić information content (AvgIpc) is 2.87. The van der Waals surface area contributed by atoms with Gasteiger partial charge in [0, 0.05) is 6.42 Å². The minimum atomic E-state index is -4.36. The van der Waals surface area contributed by atoms with Crippen LogP contribution in [0.2, 0.25) is 0 Å². The molecule has 1 aromatic carbocycles. The summed E-state index contributed by atoms with van der Waals surface area (Å²) in [6, 6.07) is 4.74. The molecule has 0 fully saturated rings. The molecule has 0 bridgehead atoms. The Morgan fingerprint density at radius 1 is 1.33 bits per heavy atom. The fourth-order valence-corrected chi connectivity index (χ4v) is 1.96. The van der Waals surface area contributed by atoms with Gasteiger partial charge in [0.05, 0.1) is 11.6 Å². The second-order valence-electron chi connectivity index (χ2n) is 4.82. The molecule has 0 unspecified atom stereocenters. The zero-order chi connectivity index (χ0) is 15.5. The molecule has 0 amide bonds. The van der Waals surface area contributed by atoms with E-state index >= 15 is 0 Å². The van der Waals surface area contributed by atoms with Crippen LogP contribution in [0.5, 0.6) is 0 Å². The van der Waals surface area contributed by atoms with Gasteiger partial charge in [-0.25, -0.2) is 0 Å². The van der Waals surface area contributed by atoms with E-state index in [0.29, 0.717) is 23.7 Å². The summed E-state index contributed by atoms with van der Waals surface area (Å²) in [4.78, 5) is 4.13. The van der Waals surface area contributed by atoms with Gasteiger partial charge in [-0.2, -0.15) is 18.2 Å². The molecule has 2 rings (SSSR count). The topological polar surface area (TPSA) is 64.9 Å². The number of benzene rings is 1. The van der Waals surface area contributed by atoms with Crippen LogP contribution in [0, 0.1) is 0 Å². The summed E-state index contributed by atoms with van der Waals surface area (Å²) in [7, 11) is 0. The molecule has 2 aromatic rings. The van der Waals surface area contributed by atoms with Crippen molar-refractivity contribution >= 4 is 0 Å². The molecule has 1 heterocycles. The molecule has 0 radical (unpaired) electrons. The van der Waals surface area contributed by atoms with Gasteiger partial charge in [0.15, 0.2) is 5.82 Å². The first-order chi connectivity index (χ1) is 9.90. The Kier molecular flexibility index (Phi) is 4.62. The zero-order valence-corrected chi connectivity index (χ0v) is 11.5. The van der Waals surface area contributed by atoms with Crippen LogP contribution in [0.15, 0.2) is 28.8 Å². The second kappa shape index (κ2) is 6.26. The van der Waals surface area contributed by atoms with Gasteiger partial charge in [0.1, 0.15) is 0 Å². The van der Waals surface area contributed by atoms with Crippen molar-refractivity contribution in [3.8, 4) is 0 Å². The SMILES string of the molecule is CCC[C@@H](N)c1nc(Cc2cccc(C(F)(F)F)c2)no1. The summed E-state index contributed by atoms with van der Waals surface area (Å²) < 4.78 is 42.9. The maximum Gasteiger partial charge on any atom is 0.416 e. The van der Waals surface area contributed by atoms with Gasteiger partial charge in [-0.15, -0.1) is 0 Å². The first-order valence-electron chi connectivity index (χ1n) is 6.64. The summed E-state index contributed by atoms with van der Waals surface area (Å²) in [5.41, 5.74) is 5.63. The summed E-state index contributed by atoms with van der Waals surface area (Å²) in [6.45, 7) is 1.99. The van der Waals surface area contributed by atoms with Gasteiger partial charge in [-0.3, -0.25) is 0 Å². The van der Waals surface area contributed by atoms with E-state index in [9.17, 15) is 13.2 Å². The van der Waals surface area contributed by atoms with Gasteiger partial charge in [-0.05, 0) is 18.1 Å². The quantitative estimate of drug-likeness (QED) is 0.918. The maximum absolute atomic E-state index is 12.6. The van der Waals surface area contributed by atoms with E-state index < -0.39 is 11.7 Å². The molecule has 0 spiro atoms. The van der Waals surface area contributed by atoms with Crippen LogP contribution in [0.1, 0.15) is 48.6 Å². The van der Waals surface area contributed by atoms with Crippen molar-refractivity contribution in [2.75, 3.05) is 0 Å². The molecule has 7 heteroatoms. The minimum absolute atomic E-state index is 0.173. The van der Waals surface area contributed by atoms with Gasteiger partial charge in [-0.1, -0.05) is 36.7 Å². The molecule has 1 aromatic heterocycles. The molecular formula is C14H16F3N3O.